The Bertz CT molecular complexity index is 401. The number of aliphatic imine (C=N–C) groups is 1. The monoisotopic (exact) mass is 237 g/mol. The molecule has 3 N–H and O–H groups in total. The van der Waals surface area contributed by atoms with E-state index in [1.807, 2.05) is 0 Å². The van der Waals surface area contributed by atoms with Gasteiger partial charge in [0.1, 0.15) is 5.84 Å². The summed E-state index contributed by atoms with van der Waals surface area (Å²) in [6.07, 6.45) is 4.91. The predicted molar refractivity (Wildman–Crippen MR) is 55.8 cm³/mol. The molecule has 0 atom stereocenters. The molecule has 0 aliphatic carbocycles. The lowest BCUT2D eigenvalue weighted by Crippen LogP contribution is -2.21. The van der Waals surface area contributed by atoms with Crippen LogP contribution in [0.5, 0.6) is 0 Å². The van der Waals surface area contributed by atoms with Crippen LogP contribution in [0.4, 0.5) is 0 Å². The van der Waals surface area contributed by atoms with E-state index in [-0.39, 0.29) is 13.2 Å². The van der Waals surface area contributed by atoms with Crippen molar-refractivity contribution in [3.8, 4) is 6.19 Å². The molecule has 1 rings (SSSR count). The number of amidine groups is 1. The highest BCUT2D eigenvalue weighted by Gasteiger charge is 2.02. The minimum absolute atomic E-state index is 0.0378. The third kappa shape index (κ3) is 5.01. The highest BCUT2D eigenvalue weighted by atomic mass is 17.1. The standard InChI is InChI=1S/C9H11N5O3/c10-7-13-9(8-2-1-3-11-6-8)12-4-5-17-14(15)16/h1-3,6,15-16H,4-5H2,(H,12,13). The molecule has 8 nitrogen and oxygen atoms in total. The summed E-state index contributed by atoms with van der Waals surface area (Å²) in [5.74, 6) is 0.339. The van der Waals surface area contributed by atoms with Crippen LogP contribution in [0, 0.1) is 11.5 Å². The van der Waals surface area contributed by atoms with Crippen molar-refractivity contribution in [2.75, 3.05) is 13.2 Å². The van der Waals surface area contributed by atoms with E-state index < -0.39 is 5.39 Å². The van der Waals surface area contributed by atoms with E-state index in [0.29, 0.717) is 11.4 Å². The fourth-order valence-electron chi connectivity index (χ4n) is 1.04. The molecule has 1 heterocycles. The minimum Gasteiger partial charge on any atom is -0.277 e. The van der Waals surface area contributed by atoms with Crippen molar-refractivity contribution in [3.63, 3.8) is 0 Å². The topological polar surface area (TPSA) is 114 Å². The average molecular weight is 237 g/mol. The molecule has 17 heavy (non-hydrogen) atoms. The number of nitrogens with one attached hydrogen (secondary N) is 1. The first-order chi connectivity index (χ1) is 8.24. The molecule has 0 bridgehead atoms. The molecule has 1 aromatic heterocycles. The zero-order valence-electron chi connectivity index (χ0n) is 8.82. The molecule has 0 aliphatic rings. The van der Waals surface area contributed by atoms with Crippen LogP contribution in [-0.4, -0.2) is 39.8 Å². The van der Waals surface area contributed by atoms with E-state index in [9.17, 15) is 0 Å². The first-order valence-corrected chi connectivity index (χ1v) is 4.65. The largest absolute Gasteiger partial charge is 0.277 e. The Morgan fingerprint density at radius 1 is 1.65 bits per heavy atom. The molecule has 90 valence electrons. The van der Waals surface area contributed by atoms with E-state index in [0.717, 1.165) is 0 Å². The second kappa shape index (κ2) is 7.26. The molecule has 0 saturated carbocycles. The number of hydrogen-bond donors (Lipinski definition) is 3. The molecule has 0 unspecified atom stereocenters. The summed E-state index contributed by atoms with van der Waals surface area (Å²) in [6.45, 7) is 0.112. The fraction of sp³-hybridized carbons (Fsp3) is 0.222. The van der Waals surface area contributed by atoms with Gasteiger partial charge in [-0.05, 0) is 12.1 Å². The molecule has 0 spiro atoms. The summed E-state index contributed by atoms with van der Waals surface area (Å²) < 4.78 is 0. The Labute approximate surface area is 97.3 Å². The van der Waals surface area contributed by atoms with Crippen LogP contribution in [0.15, 0.2) is 29.5 Å². The molecular formula is C9H11N5O3. The molecule has 1 aromatic rings. The third-order valence-electron chi connectivity index (χ3n) is 1.68. The summed E-state index contributed by atoms with van der Waals surface area (Å²) in [5.41, 5.74) is 0.652. The molecule has 0 amide bonds. The van der Waals surface area contributed by atoms with Gasteiger partial charge < -0.3 is 0 Å². The van der Waals surface area contributed by atoms with Gasteiger partial charge in [0, 0.05) is 18.0 Å². The van der Waals surface area contributed by atoms with E-state index >= 15 is 0 Å². The Balaban J connectivity index is 2.60. The summed E-state index contributed by atoms with van der Waals surface area (Å²) in [6, 6.07) is 3.45. The van der Waals surface area contributed by atoms with Gasteiger partial charge in [-0.1, -0.05) is 0 Å². The number of hydrogen-bond acceptors (Lipinski definition) is 7. The van der Waals surface area contributed by atoms with Crippen LogP contribution in [0.25, 0.3) is 0 Å². The maximum Gasteiger partial charge on any atom is 0.182 e. The van der Waals surface area contributed by atoms with Gasteiger partial charge in [0.05, 0.1) is 18.5 Å². The van der Waals surface area contributed by atoms with Crippen LogP contribution in [-0.2, 0) is 4.84 Å². The van der Waals surface area contributed by atoms with Gasteiger partial charge in [-0.25, -0.2) is 4.84 Å². The third-order valence-corrected chi connectivity index (χ3v) is 1.68. The van der Waals surface area contributed by atoms with Crippen molar-refractivity contribution < 1.29 is 15.3 Å². The molecule has 0 aromatic carbocycles. The van der Waals surface area contributed by atoms with E-state index in [2.05, 4.69) is 20.1 Å². The zero-order valence-corrected chi connectivity index (χ0v) is 8.82. The van der Waals surface area contributed by atoms with Crippen LogP contribution in [0.2, 0.25) is 0 Å². The van der Waals surface area contributed by atoms with Crippen LogP contribution in [0.1, 0.15) is 5.56 Å². The first kappa shape index (κ1) is 13.0. The van der Waals surface area contributed by atoms with Gasteiger partial charge in [-0.2, -0.15) is 5.26 Å². The lowest BCUT2D eigenvalue weighted by Gasteiger charge is -2.05. The zero-order chi connectivity index (χ0) is 12.5. The molecule has 0 radical (unpaired) electrons. The molecule has 0 saturated heterocycles. The SMILES string of the molecule is N#CNC(=NCCON(O)O)c1cccnc1. The average Bonchev–Trinajstić information content (AvgIpc) is 2.34. The van der Waals surface area contributed by atoms with Gasteiger partial charge in [-0.3, -0.25) is 25.7 Å². The maximum absolute atomic E-state index is 8.56. The number of rotatable bonds is 5. The predicted octanol–water partition coefficient (Wildman–Crippen LogP) is -0.0891. The lowest BCUT2D eigenvalue weighted by atomic mass is 10.2. The summed E-state index contributed by atoms with van der Waals surface area (Å²) in [5, 5.41) is 27.1. The van der Waals surface area contributed by atoms with Crippen molar-refractivity contribution >= 4 is 5.84 Å². The first-order valence-electron chi connectivity index (χ1n) is 4.65. The normalized spacial score (nSPS) is 11.3. The molecular weight excluding hydrogens is 226 g/mol. The molecule has 8 heteroatoms. The number of nitriles is 1. The van der Waals surface area contributed by atoms with Crippen molar-refractivity contribution in [2.24, 2.45) is 4.99 Å². The smallest absolute Gasteiger partial charge is 0.182 e. The Morgan fingerprint density at radius 2 is 2.47 bits per heavy atom. The number of aromatic nitrogens is 1. The molecule has 0 fully saturated rings. The summed E-state index contributed by atoms with van der Waals surface area (Å²) in [7, 11) is 0. The van der Waals surface area contributed by atoms with Gasteiger partial charge in [-0.15, -0.1) is 0 Å². The van der Waals surface area contributed by atoms with Gasteiger partial charge in [0.25, 0.3) is 0 Å². The maximum atomic E-state index is 8.56. The second-order valence-electron chi connectivity index (χ2n) is 2.79. The second-order valence-corrected chi connectivity index (χ2v) is 2.79. The van der Waals surface area contributed by atoms with Crippen molar-refractivity contribution in [1.82, 2.24) is 15.7 Å². The highest BCUT2D eigenvalue weighted by molar-refractivity contribution is 5.99. The highest BCUT2D eigenvalue weighted by Crippen LogP contribution is 1.97. The fourth-order valence-corrected chi connectivity index (χ4v) is 1.04. The summed E-state index contributed by atoms with van der Waals surface area (Å²) in [4.78, 5) is 12.2. The van der Waals surface area contributed by atoms with E-state index in [1.165, 1.54) is 0 Å². The quantitative estimate of drug-likeness (QED) is 0.164. The number of pyridine rings is 1. The Kier molecular flexibility index (Phi) is 5.56. The number of nitrogens with zero attached hydrogens (tertiary/aromatic N) is 4. The molecule has 0 aliphatic heterocycles. The Morgan fingerprint density at radius 3 is 3.06 bits per heavy atom. The van der Waals surface area contributed by atoms with Crippen LogP contribution in [0.3, 0.4) is 0 Å². The van der Waals surface area contributed by atoms with Crippen LogP contribution < -0.4 is 5.32 Å². The van der Waals surface area contributed by atoms with Crippen LogP contribution >= 0.6 is 0 Å². The van der Waals surface area contributed by atoms with Gasteiger partial charge >= 0.3 is 0 Å². The van der Waals surface area contributed by atoms with Gasteiger partial charge in [0.15, 0.2) is 6.19 Å². The minimum atomic E-state index is -0.392. The van der Waals surface area contributed by atoms with Crippen molar-refractivity contribution in [3.05, 3.63) is 30.1 Å². The summed E-state index contributed by atoms with van der Waals surface area (Å²) >= 11 is 0. The van der Waals surface area contributed by atoms with Crippen molar-refractivity contribution in [2.45, 2.75) is 0 Å². The van der Waals surface area contributed by atoms with E-state index in [1.54, 1.807) is 30.7 Å². The Hall–Kier alpha value is -2.05. The van der Waals surface area contributed by atoms with E-state index in [4.69, 9.17) is 15.7 Å². The lowest BCUT2D eigenvalue weighted by molar-refractivity contribution is -0.491. The van der Waals surface area contributed by atoms with Crippen molar-refractivity contribution in [1.29, 1.82) is 5.26 Å². The van der Waals surface area contributed by atoms with Gasteiger partial charge in [0.2, 0.25) is 0 Å².